The number of alkyl halides is 1. The number of hydrogen-bond acceptors (Lipinski definition) is 1. The maximum atomic E-state index is 6.33. The highest BCUT2D eigenvalue weighted by atomic mass is 79.9. The molecule has 0 atom stereocenters. The van der Waals surface area contributed by atoms with Crippen molar-refractivity contribution in [1.29, 1.82) is 0 Å². The zero-order valence-electron chi connectivity index (χ0n) is 14.6. The van der Waals surface area contributed by atoms with Crippen molar-refractivity contribution in [3.05, 3.63) is 83.1 Å². The SMILES string of the molecule is BrCCCCOC1=C(c2ccccc2)CCC/C1=C\c1ccccc1. The summed E-state index contributed by atoms with van der Waals surface area (Å²) in [5.41, 5.74) is 5.22. The molecule has 1 aliphatic carbocycles. The van der Waals surface area contributed by atoms with Gasteiger partial charge < -0.3 is 4.74 Å². The largest absolute Gasteiger partial charge is 0.493 e. The van der Waals surface area contributed by atoms with Gasteiger partial charge in [-0.2, -0.15) is 0 Å². The van der Waals surface area contributed by atoms with E-state index in [1.807, 2.05) is 0 Å². The van der Waals surface area contributed by atoms with Gasteiger partial charge in [-0.05, 0) is 54.9 Å². The molecule has 0 N–H and O–H groups in total. The Bertz CT molecular complexity index is 716. The summed E-state index contributed by atoms with van der Waals surface area (Å²) in [6, 6.07) is 21.3. The number of allylic oxidation sites excluding steroid dienone is 2. The van der Waals surface area contributed by atoms with Gasteiger partial charge in [0.2, 0.25) is 0 Å². The Labute approximate surface area is 159 Å². The molecule has 0 radical (unpaired) electrons. The van der Waals surface area contributed by atoms with E-state index in [0.717, 1.165) is 43.4 Å². The second kappa shape index (κ2) is 9.62. The first kappa shape index (κ1) is 18.0. The van der Waals surface area contributed by atoms with Crippen LogP contribution >= 0.6 is 15.9 Å². The van der Waals surface area contributed by atoms with Crippen LogP contribution in [0.1, 0.15) is 43.2 Å². The smallest absolute Gasteiger partial charge is 0.126 e. The van der Waals surface area contributed by atoms with Gasteiger partial charge in [0.05, 0.1) is 6.61 Å². The minimum atomic E-state index is 0.781. The molecule has 2 aromatic carbocycles. The molecular weight excluding hydrogens is 372 g/mol. The topological polar surface area (TPSA) is 9.23 Å². The number of rotatable bonds is 7. The van der Waals surface area contributed by atoms with Crippen molar-refractivity contribution in [2.45, 2.75) is 32.1 Å². The Kier molecular flexibility index (Phi) is 6.93. The fourth-order valence-corrected chi connectivity index (χ4v) is 3.63. The van der Waals surface area contributed by atoms with Crippen molar-refractivity contribution in [3.63, 3.8) is 0 Å². The van der Waals surface area contributed by atoms with Gasteiger partial charge in [0.15, 0.2) is 0 Å². The third-order valence-electron chi connectivity index (χ3n) is 4.48. The van der Waals surface area contributed by atoms with E-state index in [2.05, 4.69) is 82.7 Å². The first-order valence-corrected chi connectivity index (χ1v) is 10.2. The molecule has 0 saturated carbocycles. The molecule has 0 fully saturated rings. The van der Waals surface area contributed by atoms with E-state index >= 15 is 0 Å². The standard InChI is InChI=1S/C23H25BrO/c24-16-7-8-17-25-23-21(18-19-10-3-1-4-11-19)14-9-15-22(23)20-12-5-2-6-13-20/h1-6,10-13,18H,7-9,14-17H2/b21-18+. The molecule has 2 aromatic rings. The molecule has 0 spiro atoms. The van der Waals surface area contributed by atoms with Gasteiger partial charge in [0.1, 0.15) is 5.76 Å². The lowest BCUT2D eigenvalue weighted by Crippen LogP contribution is -2.08. The minimum Gasteiger partial charge on any atom is -0.493 e. The Morgan fingerprint density at radius 3 is 2.32 bits per heavy atom. The van der Waals surface area contributed by atoms with Crippen LogP contribution < -0.4 is 0 Å². The van der Waals surface area contributed by atoms with Crippen LogP contribution in [0.3, 0.4) is 0 Å². The lowest BCUT2D eigenvalue weighted by molar-refractivity contribution is 0.213. The molecule has 130 valence electrons. The van der Waals surface area contributed by atoms with Crippen molar-refractivity contribution >= 4 is 27.6 Å². The van der Waals surface area contributed by atoms with Crippen molar-refractivity contribution in [2.75, 3.05) is 11.9 Å². The average Bonchev–Trinajstić information content (AvgIpc) is 2.67. The summed E-state index contributed by atoms with van der Waals surface area (Å²) < 4.78 is 6.33. The first-order valence-electron chi connectivity index (χ1n) is 9.12. The number of unbranched alkanes of at least 4 members (excludes halogenated alkanes) is 1. The van der Waals surface area contributed by atoms with E-state index in [1.54, 1.807) is 0 Å². The lowest BCUT2D eigenvalue weighted by Gasteiger charge is -2.24. The maximum Gasteiger partial charge on any atom is 0.126 e. The normalized spacial score (nSPS) is 16.3. The third kappa shape index (κ3) is 5.09. The molecule has 0 unspecified atom stereocenters. The van der Waals surface area contributed by atoms with Gasteiger partial charge in [-0.15, -0.1) is 0 Å². The molecule has 2 heteroatoms. The van der Waals surface area contributed by atoms with Crippen molar-refractivity contribution in [2.24, 2.45) is 0 Å². The predicted molar refractivity (Wildman–Crippen MR) is 111 cm³/mol. The Morgan fingerprint density at radius 1 is 0.880 bits per heavy atom. The fourth-order valence-electron chi connectivity index (χ4n) is 3.23. The number of ether oxygens (including phenoxy) is 1. The summed E-state index contributed by atoms with van der Waals surface area (Å²) >= 11 is 3.50. The summed E-state index contributed by atoms with van der Waals surface area (Å²) in [5.74, 6) is 1.11. The van der Waals surface area contributed by atoms with E-state index in [4.69, 9.17) is 4.74 Å². The molecule has 0 saturated heterocycles. The molecule has 0 aliphatic heterocycles. The number of benzene rings is 2. The summed E-state index contributed by atoms with van der Waals surface area (Å²) in [6.45, 7) is 0.781. The predicted octanol–water partition coefficient (Wildman–Crippen LogP) is 6.86. The van der Waals surface area contributed by atoms with Crippen LogP contribution in [0.15, 0.2) is 72.0 Å². The second-order valence-corrected chi connectivity index (χ2v) is 7.15. The fraction of sp³-hybridized carbons (Fsp3) is 0.304. The molecular formula is C23H25BrO. The summed E-state index contributed by atoms with van der Waals surface area (Å²) in [5, 5.41) is 1.04. The van der Waals surface area contributed by atoms with Gasteiger partial charge >= 0.3 is 0 Å². The van der Waals surface area contributed by atoms with E-state index < -0.39 is 0 Å². The summed E-state index contributed by atoms with van der Waals surface area (Å²) in [4.78, 5) is 0. The van der Waals surface area contributed by atoms with Gasteiger partial charge in [-0.25, -0.2) is 0 Å². The zero-order chi connectivity index (χ0) is 17.3. The van der Waals surface area contributed by atoms with Crippen LogP contribution in [0.5, 0.6) is 0 Å². The maximum absolute atomic E-state index is 6.33. The van der Waals surface area contributed by atoms with E-state index in [9.17, 15) is 0 Å². The second-order valence-electron chi connectivity index (χ2n) is 6.35. The Hall–Kier alpha value is -1.80. The van der Waals surface area contributed by atoms with Crippen LogP contribution in [-0.2, 0) is 4.74 Å². The van der Waals surface area contributed by atoms with Crippen LogP contribution in [0.25, 0.3) is 11.6 Å². The number of hydrogen-bond donors (Lipinski definition) is 0. The van der Waals surface area contributed by atoms with Crippen LogP contribution in [0, 0.1) is 0 Å². The highest BCUT2D eigenvalue weighted by molar-refractivity contribution is 9.09. The molecule has 25 heavy (non-hydrogen) atoms. The molecule has 3 rings (SSSR count). The monoisotopic (exact) mass is 396 g/mol. The van der Waals surface area contributed by atoms with Crippen LogP contribution in [0.2, 0.25) is 0 Å². The third-order valence-corrected chi connectivity index (χ3v) is 5.04. The summed E-state index contributed by atoms with van der Waals surface area (Å²) in [6.07, 6.45) is 7.86. The average molecular weight is 397 g/mol. The first-order chi connectivity index (χ1) is 12.4. The van der Waals surface area contributed by atoms with Gasteiger partial charge in [-0.3, -0.25) is 0 Å². The quantitative estimate of drug-likeness (QED) is 0.366. The van der Waals surface area contributed by atoms with Crippen LogP contribution in [0.4, 0.5) is 0 Å². The van der Waals surface area contributed by atoms with E-state index in [-0.39, 0.29) is 0 Å². The molecule has 1 nitrogen and oxygen atoms in total. The Morgan fingerprint density at radius 2 is 1.60 bits per heavy atom. The van der Waals surface area contributed by atoms with E-state index in [1.165, 1.54) is 28.7 Å². The van der Waals surface area contributed by atoms with Crippen molar-refractivity contribution in [3.8, 4) is 0 Å². The molecule has 0 heterocycles. The highest BCUT2D eigenvalue weighted by Gasteiger charge is 2.20. The van der Waals surface area contributed by atoms with Gasteiger partial charge in [-0.1, -0.05) is 76.6 Å². The van der Waals surface area contributed by atoms with Gasteiger partial charge in [0, 0.05) is 10.9 Å². The lowest BCUT2D eigenvalue weighted by atomic mass is 9.88. The van der Waals surface area contributed by atoms with E-state index in [0.29, 0.717) is 0 Å². The molecule has 1 aliphatic rings. The van der Waals surface area contributed by atoms with Crippen molar-refractivity contribution < 1.29 is 4.74 Å². The molecule has 0 aromatic heterocycles. The Balaban J connectivity index is 1.94. The molecule has 0 bridgehead atoms. The highest BCUT2D eigenvalue weighted by Crippen LogP contribution is 2.37. The van der Waals surface area contributed by atoms with Crippen molar-refractivity contribution in [1.82, 2.24) is 0 Å². The molecule has 0 amide bonds. The zero-order valence-corrected chi connectivity index (χ0v) is 16.2. The van der Waals surface area contributed by atoms with Gasteiger partial charge in [0.25, 0.3) is 0 Å². The van der Waals surface area contributed by atoms with Crippen LogP contribution in [-0.4, -0.2) is 11.9 Å². The minimum absolute atomic E-state index is 0.781. The number of halogens is 1. The summed E-state index contributed by atoms with van der Waals surface area (Å²) in [7, 11) is 0.